The zero-order valence-electron chi connectivity index (χ0n) is 2.77. The molecule has 1 rings (SSSR count). The largest absolute Gasteiger partial charge is 0.305 e. The van der Waals surface area contributed by atoms with E-state index in [4.69, 9.17) is 0 Å². The molecular weight excluding hydrogens is 85.0 g/mol. The summed E-state index contributed by atoms with van der Waals surface area (Å²) < 4.78 is 11.4. The first-order valence-electron chi connectivity index (χ1n) is 1.33. The van der Waals surface area contributed by atoms with E-state index in [1.165, 1.54) is 0 Å². The monoisotopic (exact) mass is 86.0 g/mol. The van der Waals surface area contributed by atoms with Crippen molar-refractivity contribution in [1.29, 1.82) is 0 Å². The molecule has 3 nitrogen and oxygen atoms in total. The van der Waals surface area contributed by atoms with Crippen LogP contribution in [0, 0.1) is 12.4 Å². The Kier molecular flexibility index (Phi) is 0.567. The van der Waals surface area contributed by atoms with Gasteiger partial charge in [0.25, 0.3) is 0 Å². The van der Waals surface area contributed by atoms with Gasteiger partial charge in [-0.2, -0.15) is 9.37 Å². The Balaban J connectivity index is 3.05. The Labute approximate surface area is 33.2 Å². The topological polar surface area (TPSA) is 41.6 Å². The molecule has 0 aliphatic rings. The third-order valence-electron chi connectivity index (χ3n) is 0.346. The van der Waals surface area contributed by atoms with E-state index in [2.05, 4.69) is 10.1 Å². The molecule has 0 saturated carbocycles. The number of rotatable bonds is 0. The Morgan fingerprint density at radius 3 is 2.83 bits per heavy atom. The molecule has 1 aromatic heterocycles. The van der Waals surface area contributed by atoms with Gasteiger partial charge < -0.3 is 0 Å². The standard InChI is InChI=1S/C2HFN3/c3-2-4-1-5-6-2/h(H,4,5,6). The van der Waals surface area contributed by atoms with Crippen molar-refractivity contribution >= 4 is 0 Å². The fourth-order valence-corrected chi connectivity index (χ4v) is 0.165. The van der Waals surface area contributed by atoms with Gasteiger partial charge in [-0.05, 0) is 0 Å². The molecule has 0 bridgehead atoms. The molecule has 31 valence electrons. The minimum Gasteiger partial charge on any atom is -0.235 e. The highest BCUT2D eigenvalue weighted by molar-refractivity contribution is 4.47. The third kappa shape index (κ3) is 0.357. The van der Waals surface area contributed by atoms with Gasteiger partial charge in [0.05, 0.1) is 0 Å². The van der Waals surface area contributed by atoms with Crippen molar-refractivity contribution in [2.75, 3.05) is 0 Å². The van der Waals surface area contributed by atoms with Crippen LogP contribution in [-0.4, -0.2) is 15.2 Å². The number of aromatic amines is 1. The molecule has 1 aromatic rings. The molecule has 0 saturated heterocycles. The quantitative estimate of drug-likeness (QED) is 0.472. The van der Waals surface area contributed by atoms with Crippen LogP contribution in [0.15, 0.2) is 0 Å². The highest BCUT2D eigenvalue weighted by Crippen LogP contribution is 1.73. The van der Waals surface area contributed by atoms with Gasteiger partial charge in [0.2, 0.25) is 6.33 Å². The van der Waals surface area contributed by atoms with E-state index in [1.54, 1.807) is 0 Å². The van der Waals surface area contributed by atoms with Crippen LogP contribution in [0.1, 0.15) is 0 Å². The predicted molar refractivity (Wildman–Crippen MR) is 15.2 cm³/mol. The molecule has 0 aliphatic heterocycles. The fraction of sp³-hybridized carbons (Fsp3) is 0. The Bertz CT molecular complexity index is 112. The third-order valence-corrected chi connectivity index (χ3v) is 0.346. The van der Waals surface area contributed by atoms with Gasteiger partial charge in [0, 0.05) is 0 Å². The lowest BCUT2D eigenvalue weighted by atomic mass is 11.3. The highest BCUT2D eigenvalue weighted by Gasteiger charge is 1.82. The smallest absolute Gasteiger partial charge is 0.235 e. The summed E-state index contributed by atoms with van der Waals surface area (Å²) in [5.41, 5.74) is 0. The molecule has 0 aromatic carbocycles. The van der Waals surface area contributed by atoms with Gasteiger partial charge in [-0.15, -0.1) is 5.10 Å². The molecule has 0 unspecified atom stereocenters. The van der Waals surface area contributed by atoms with Crippen molar-refractivity contribution in [2.24, 2.45) is 0 Å². The van der Waals surface area contributed by atoms with Crippen molar-refractivity contribution in [1.82, 2.24) is 15.2 Å². The molecule has 1 heterocycles. The fourth-order valence-electron chi connectivity index (χ4n) is 0.165. The minimum atomic E-state index is -0.699. The van der Waals surface area contributed by atoms with Crippen molar-refractivity contribution in [3.63, 3.8) is 0 Å². The minimum absolute atomic E-state index is 0.699. The van der Waals surface area contributed by atoms with Crippen LogP contribution in [0.3, 0.4) is 0 Å². The molecule has 1 N–H and O–H groups in total. The van der Waals surface area contributed by atoms with Gasteiger partial charge in [-0.1, -0.05) is 0 Å². The molecule has 0 amide bonds. The van der Waals surface area contributed by atoms with Crippen molar-refractivity contribution in [3.05, 3.63) is 12.4 Å². The molecule has 4 heteroatoms. The van der Waals surface area contributed by atoms with E-state index < -0.39 is 6.08 Å². The molecule has 6 heavy (non-hydrogen) atoms. The number of nitrogens with zero attached hydrogens (tertiary/aromatic N) is 2. The van der Waals surface area contributed by atoms with Gasteiger partial charge >= 0.3 is 6.08 Å². The van der Waals surface area contributed by atoms with Crippen molar-refractivity contribution < 1.29 is 4.39 Å². The second-order valence-electron chi connectivity index (χ2n) is 0.726. The maximum absolute atomic E-state index is 11.4. The highest BCUT2D eigenvalue weighted by atomic mass is 19.1. The Morgan fingerprint density at radius 2 is 2.67 bits per heavy atom. The van der Waals surface area contributed by atoms with E-state index in [0.29, 0.717) is 0 Å². The van der Waals surface area contributed by atoms with Crippen LogP contribution in [0.2, 0.25) is 0 Å². The molecule has 0 fully saturated rings. The summed E-state index contributed by atoms with van der Waals surface area (Å²) in [5, 5.41) is 5.00. The summed E-state index contributed by atoms with van der Waals surface area (Å²) in [5.74, 6) is 0. The summed E-state index contributed by atoms with van der Waals surface area (Å²) in [6.45, 7) is 0. The van der Waals surface area contributed by atoms with E-state index >= 15 is 0 Å². The average molecular weight is 86.0 g/mol. The lowest BCUT2D eigenvalue weighted by molar-refractivity contribution is 0.544. The molecular formula is C2HFN3. The second kappa shape index (κ2) is 1.04. The van der Waals surface area contributed by atoms with Crippen LogP contribution in [0.5, 0.6) is 0 Å². The van der Waals surface area contributed by atoms with Crippen LogP contribution in [-0.2, 0) is 0 Å². The number of hydrogen-bond donors (Lipinski definition) is 1. The summed E-state index contributed by atoms with van der Waals surface area (Å²) >= 11 is 0. The van der Waals surface area contributed by atoms with Crippen molar-refractivity contribution in [2.45, 2.75) is 0 Å². The van der Waals surface area contributed by atoms with Crippen molar-refractivity contribution in [3.8, 4) is 0 Å². The predicted octanol–water partition coefficient (Wildman–Crippen LogP) is -0.256. The summed E-state index contributed by atoms with van der Waals surface area (Å²) in [6, 6.07) is 0. The number of aromatic nitrogens is 3. The Hall–Kier alpha value is -0.930. The Morgan fingerprint density at radius 1 is 1.83 bits per heavy atom. The zero-order chi connectivity index (χ0) is 4.41. The molecule has 0 aliphatic carbocycles. The first kappa shape index (κ1) is 3.27. The maximum atomic E-state index is 11.4. The second-order valence-corrected chi connectivity index (χ2v) is 0.726. The zero-order valence-corrected chi connectivity index (χ0v) is 2.77. The van der Waals surface area contributed by atoms with Gasteiger partial charge in [0.1, 0.15) is 0 Å². The molecule has 0 atom stereocenters. The number of halogens is 1. The maximum Gasteiger partial charge on any atom is 0.305 e. The number of hydrogen-bond acceptors (Lipinski definition) is 2. The molecule has 1 radical (unpaired) electrons. The lowest BCUT2D eigenvalue weighted by Gasteiger charge is -1.60. The van der Waals surface area contributed by atoms with E-state index in [0.717, 1.165) is 0 Å². The van der Waals surface area contributed by atoms with Crippen LogP contribution >= 0.6 is 0 Å². The summed E-state index contributed by atoms with van der Waals surface area (Å²) in [4.78, 5) is 2.96. The normalized spacial score (nSPS) is 8.83. The summed E-state index contributed by atoms with van der Waals surface area (Å²) in [7, 11) is 0. The van der Waals surface area contributed by atoms with E-state index in [9.17, 15) is 4.39 Å². The first-order chi connectivity index (χ1) is 2.89. The number of H-pyrrole nitrogens is 1. The lowest BCUT2D eigenvalue weighted by Crippen LogP contribution is -1.70. The van der Waals surface area contributed by atoms with Gasteiger partial charge in [-0.3, -0.25) is 0 Å². The number of nitrogens with one attached hydrogen (secondary N) is 1. The molecule has 0 spiro atoms. The SMILES string of the molecule is Fc1n[c]n[nH]1. The van der Waals surface area contributed by atoms with Crippen LogP contribution in [0.4, 0.5) is 4.39 Å². The van der Waals surface area contributed by atoms with E-state index in [-0.39, 0.29) is 0 Å². The van der Waals surface area contributed by atoms with E-state index in [1.807, 2.05) is 11.4 Å². The average Bonchev–Trinajstić information content (AvgIpc) is 1.86. The summed E-state index contributed by atoms with van der Waals surface area (Å²) in [6.07, 6.45) is 1.30. The van der Waals surface area contributed by atoms with Gasteiger partial charge in [0.15, 0.2) is 0 Å². The van der Waals surface area contributed by atoms with Gasteiger partial charge in [-0.25, -0.2) is 5.10 Å². The van der Waals surface area contributed by atoms with Crippen LogP contribution in [0.25, 0.3) is 0 Å². The first-order valence-corrected chi connectivity index (χ1v) is 1.33. The van der Waals surface area contributed by atoms with Crippen LogP contribution < -0.4 is 0 Å².